The van der Waals surface area contributed by atoms with Gasteiger partial charge in [-0.25, -0.2) is 4.79 Å². The molecule has 2 N–H and O–H groups in total. The molecule has 0 aliphatic carbocycles. The fourth-order valence-corrected chi connectivity index (χ4v) is 1.53. The van der Waals surface area contributed by atoms with E-state index in [1.807, 2.05) is 6.92 Å². The summed E-state index contributed by atoms with van der Waals surface area (Å²) in [7, 11) is 0. The average molecular weight is 258 g/mol. The van der Waals surface area contributed by atoms with Crippen molar-refractivity contribution in [2.75, 3.05) is 25.6 Å². The Labute approximate surface area is 106 Å². The van der Waals surface area contributed by atoms with E-state index >= 15 is 0 Å². The second-order valence-corrected chi connectivity index (χ2v) is 3.90. The lowest BCUT2D eigenvalue weighted by molar-refractivity contribution is 0.0452. The molecule has 0 heterocycles. The Bertz CT molecular complexity index is 362. The molecule has 0 saturated heterocycles. The van der Waals surface area contributed by atoms with Crippen LogP contribution in [0.25, 0.3) is 0 Å². The minimum Gasteiger partial charge on any atom is -0.462 e. The van der Waals surface area contributed by atoms with Crippen molar-refractivity contribution in [1.82, 2.24) is 0 Å². The number of esters is 1. The average Bonchev–Trinajstić information content (AvgIpc) is 2.27. The van der Waals surface area contributed by atoms with E-state index in [2.05, 4.69) is 0 Å². The topological polar surface area (TPSA) is 61.5 Å². The molecule has 0 amide bonds. The molecule has 0 radical (unpaired) electrons. The van der Waals surface area contributed by atoms with Crippen LogP contribution in [-0.4, -0.2) is 25.8 Å². The van der Waals surface area contributed by atoms with Gasteiger partial charge >= 0.3 is 5.97 Å². The molecule has 0 aliphatic rings. The molecule has 4 nitrogen and oxygen atoms in total. The first-order valence-electron chi connectivity index (χ1n) is 5.44. The van der Waals surface area contributed by atoms with E-state index < -0.39 is 5.97 Å². The first-order valence-corrected chi connectivity index (χ1v) is 5.82. The molecule has 5 heteroatoms. The Morgan fingerprint density at radius 1 is 1.35 bits per heavy atom. The Kier molecular flexibility index (Phi) is 5.80. The number of benzene rings is 1. The Hall–Kier alpha value is -1.26. The van der Waals surface area contributed by atoms with Gasteiger partial charge in [0.1, 0.15) is 0 Å². The van der Waals surface area contributed by atoms with E-state index in [0.717, 1.165) is 0 Å². The molecule has 94 valence electrons. The number of nitrogens with two attached hydrogens (primary N) is 1. The van der Waals surface area contributed by atoms with Crippen LogP contribution in [-0.2, 0) is 9.47 Å². The molecule has 0 spiro atoms. The highest BCUT2D eigenvalue weighted by atomic mass is 35.5. The molecule has 0 saturated carbocycles. The third-order valence-electron chi connectivity index (χ3n) is 2.03. The summed E-state index contributed by atoms with van der Waals surface area (Å²) in [5.41, 5.74) is 6.39. The quantitative estimate of drug-likeness (QED) is 0.483. The lowest BCUT2D eigenvalue weighted by Gasteiger charge is -2.06. The molecule has 0 fully saturated rings. The van der Waals surface area contributed by atoms with Gasteiger partial charge in [0.05, 0.1) is 12.2 Å². The number of hydrogen-bond acceptors (Lipinski definition) is 4. The van der Waals surface area contributed by atoms with Crippen LogP contribution in [0.5, 0.6) is 0 Å². The lowest BCUT2D eigenvalue weighted by Crippen LogP contribution is -2.08. The van der Waals surface area contributed by atoms with Gasteiger partial charge in [0, 0.05) is 30.3 Å². The van der Waals surface area contributed by atoms with Crippen molar-refractivity contribution < 1.29 is 14.3 Å². The fourth-order valence-electron chi connectivity index (χ4n) is 1.28. The number of nitrogen functional groups attached to an aromatic ring is 1. The van der Waals surface area contributed by atoms with Gasteiger partial charge in [-0.15, -0.1) is 0 Å². The predicted octanol–water partition coefficient (Wildman–Crippen LogP) is 2.51. The smallest absolute Gasteiger partial charge is 0.338 e. The maximum absolute atomic E-state index is 11.6. The monoisotopic (exact) mass is 257 g/mol. The minimum atomic E-state index is -0.421. The van der Waals surface area contributed by atoms with Gasteiger partial charge < -0.3 is 15.2 Å². The van der Waals surface area contributed by atoms with E-state index in [4.69, 9.17) is 26.8 Å². The zero-order valence-corrected chi connectivity index (χ0v) is 10.5. The van der Waals surface area contributed by atoms with Crippen LogP contribution in [0.2, 0.25) is 5.02 Å². The Morgan fingerprint density at radius 2 is 2.12 bits per heavy atom. The number of halogens is 1. The normalized spacial score (nSPS) is 10.2. The Morgan fingerprint density at radius 3 is 2.76 bits per heavy atom. The standard InChI is InChI=1S/C12H16ClNO3/c1-2-16-4-3-5-17-12(15)9-6-10(13)8-11(14)7-9/h6-8H,2-5,14H2,1H3. The molecular formula is C12H16ClNO3. The number of ether oxygens (including phenoxy) is 2. The van der Waals surface area contributed by atoms with Crippen LogP contribution in [0.1, 0.15) is 23.7 Å². The second kappa shape index (κ2) is 7.14. The van der Waals surface area contributed by atoms with Crippen LogP contribution in [0.4, 0.5) is 5.69 Å². The number of rotatable bonds is 6. The molecule has 0 aromatic heterocycles. The highest BCUT2D eigenvalue weighted by Gasteiger charge is 2.08. The summed E-state index contributed by atoms with van der Waals surface area (Å²) in [5.74, 6) is -0.421. The summed E-state index contributed by atoms with van der Waals surface area (Å²) in [5, 5.41) is 0.422. The molecule has 1 aromatic rings. The van der Waals surface area contributed by atoms with E-state index in [0.29, 0.717) is 42.5 Å². The third kappa shape index (κ3) is 5.06. The number of carbonyl (C=O) groups is 1. The number of anilines is 1. The van der Waals surface area contributed by atoms with Crippen LogP contribution in [0.15, 0.2) is 18.2 Å². The maximum Gasteiger partial charge on any atom is 0.338 e. The number of carbonyl (C=O) groups excluding carboxylic acids is 1. The summed E-state index contributed by atoms with van der Waals surface area (Å²) in [6.07, 6.45) is 0.676. The van der Waals surface area contributed by atoms with E-state index in [9.17, 15) is 4.79 Å². The molecule has 0 aliphatic heterocycles. The largest absolute Gasteiger partial charge is 0.462 e. The van der Waals surface area contributed by atoms with Crippen molar-refractivity contribution in [3.8, 4) is 0 Å². The minimum absolute atomic E-state index is 0.325. The Balaban J connectivity index is 2.41. The van der Waals surface area contributed by atoms with Gasteiger partial charge in [0.2, 0.25) is 0 Å². The summed E-state index contributed by atoms with van der Waals surface area (Å²) in [6, 6.07) is 4.65. The lowest BCUT2D eigenvalue weighted by atomic mass is 10.2. The van der Waals surface area contributed by atoms with Crippen molar-refractivity contribution >= 4 is 23.3 Å². The second-order valence-electron chi connectivity index (χ2n) is 3.46. The molecule has 0 atom stereocenters. The van der Waals surface area contributed by atoms with Gasteiger partial charge in [-0.1, -0.05) is 11.6 Å². The summed E-state index contributed by atoms with van der Waals surface area (Å²) >= 11 is 5.79. The molecule has 0 bridgehead atoms. The van der Waals surface area contributed by atoms with Gasteiger partial charge in [0.25, 0.3) is 0 Å². The van der Waals surface area contributed by atoms with Gasteiger partial charge in [-0.3, -0.25) is 0 Å². The molecular weight excluding hydrogens is 242 g/mol. The van der Waals surface area contributed by atoms with Crippen LogP contribution in [0.3, 0.4) is 0 Å². The first kappa shape index (κ1) is 13.8. The third-order valence-corrected chi connectivity index (χ3v) is 2.24. The van der Waals surface area contributed by atoms with E-state index in [1.54, 1.807) is 6.07 Å². The summed E-state index contributed by atoms with van der Waals surface area (Å²) in [4.78, 5) is 11.6. The molecule has 17 heavy (non-hydrogen) atoms. The zero-order valence-electron chi connectivity index (χ0n) is 9.74. The summed E-state index contributed by atoms with van der Waals surface area (Å²) in [6.45, 7) is 3.49. The predicted molar refractivity (Wildman–Crippen MR) is 67.3 cm³/mol. The highest BCUT2D eigenvalue weighted by molar-refractivity contribution is 6.31. The SMILES string of the molecule is CCOCCCOC(=O)c1cc(N)cc(Cl)c1. The highest BCUT2D eigenvalue weighted by Crippen LogP contribution is 2.17. The molecule has 1 aromatic carbocycles. The number of hydrogen-bond donors (Lipinski definition) is 1. The van der Waals surface area contributed by atoms with Crippen molar-refractivity contribution in [2.24, 2.45) is 0 Å². The van der Waals surface area contributed by atoms with Crippen molar-refractivity contribution in [2.45, 2.75) is 13.3 Å². The van der Waals surface area contributed by atoms with E-state index in [1.165, 1.54) is 12.1 Å². The fraction of sp³-hybridized carbons (Fsp3) is 0.417. The van der Waals surface area contributed by atoms with Gasteiger partial charge in [0.15, 0.2) is 0 Å². The van der Waals surface area contributed by atoms with Crippen molar-refractivity contribution in [3.63, 3.8) is 0 Å². The molecule has 1 rings (SSSR count). The zero-order chi connectivity index (χ0) is 12.7. The van der Waals surface area contributed by atoms with Crippen LogP contribution >= 0.6 is 11.6 Å². The summed E-state index contributed by atoms with van der Waals surface area (Å²) < 4.78 is 10.2. The maximum atomic E-state index is 11.6. The molecule has 0 unspecified atom stereocenters. The van der Waals surface area contributed by atoms with Crippen molar-refractivity contribution in [1.29, 1.82) is 0 Å². The van der Waals surface area contributed by atoms with Gasteiger partial charge in [-0.05, 0) is 25.1 Å². The van der Waals surface area contributed by atoms with E-state index in [-0.39, 0.29) is 0 Å². The van der Waals surface area contributed by atoms with Gasteiger partial charge in [-0.2, -0.15) is 0 Å². The van der Waals surface area contributed by atoms with Crippen molar-refractivity contribution in [3.05, 3.63) is 28.8 Å². The van der Waals surface area contributed by atoms with Crippen LogP contribution < -0.4 is 5.73 Å². The first-order chi connectivity index (χ1) is 8.13. The van der Waals surface area contributed by atoms with Crippen LogP contribution in [0, 0.1) is 0 Å².